The molecule has 0 radical (unpaired) electrons. The normalized spacial score (nSPS) is 17.0. The van der Waals surface area contributed by atoms with Crippen molar-refractivity contribution in [2.75, 3.05) is 13.1 Å². The van der Waals surface area contributed by atoms with E-state index in [1.54, 1.807) is 0 Å². The molecule has 1 fully saturated rings. The fourth-order valence-electron chi connectivity index (χ4n) is 4.02. The summed E-state index contributed by atoms with van der Waals surface area (Å²) in [5.74, 6) is 0. The monoisotopic (exact) mass is 313 g/mol. The molecule has 1 heteroatoms. The Bertz CT molecular complexity index is 725. The van der Waals surface area contributed by atoms with Gasteiger partial charge >= 0.3 is 0 Å². The molecule has 24 heavy (non-hydrogen) atoms. The van der Waals surface area contributed by atoms with E-state index in [0.29, 0.717) is 0 Å². The quantitative estimate of drug-likeness (QED) is 0.663. The molecule has 0 saturated carbocycles. The first-order chi connectivity index (χ1) is 11.9. The molecule has 0 aliphatic carbocycles. The highest BCUT2D eigenvalue weighted by Crippen LogP contribution is 2.41. The Morgan fingerprint density at radius 2 is 1.17 bits per heavy atom. The fourth-order valence-corrected chi connectivity index (χ4v) is 4.02. The molecule has 1 aliphatic heterocycles. The highest BCUT2D eigenvalue weighted by molar-refractivity contribution is 5.41. The van der Waals surface area contributed by atoms with Crippen molar-refractivity contribution in [2.24, 2.45) is 0 Å². The van der Waals surface area contributed by atoms with Gasteiger partial charge in [0.05, 0.1) is 0 Å². The van der Waals surface area contributed by atoms with Gasteiger partial charge in [-0.15, -0.1) is 0 Å². The summed E-state index contributed by atoms with van der Waals surface area (Å²) in [5.41, 5.74) is 4.38. The van der Waals surface area contributed by atoms with Gasteiger partial charge in [-0.05, 0) is 29.7 Å². The molecule has 0 atom stereocenters. The predicted octanol–water partition coefficient (Wildman–Crippen LogP) is 4.88. The van der Waals surface area contributed by atoms with E-state index in [9.17, 15) is 0 Å². The molecule has 0 amide bonds. The second-order valence-corrected chi connectivity index (χ2v) is 6.76. The fraction of sp³-hybridized carbons (Fsp3) is 0.217. The zero-order valence-corrected chi connectivity index (χ0v) is 13.9. The summed E-state index contributed by atoms with van der Waals surface area (Å²) < 4.78 is 0. The molecule has 0 aromatic heterocycles. The van der Waals surface area contributed by atoms with E-state index in [2.05, 4.69) is 95.9 Å². The minimum absolute atomic E-state index is 0.108. The lowest BCUT2D eigenvalue weighted by atomic mass is 9.74. The van der Waals surface area contributed by atoms with E-state index in [0.717, 1.165) is 19.6 Å². The van der Waals surface area contributed by atoms with Crippen molar-refractivity contribution >= 4 is 0 Å². The van der Waals surface area contributed by atoms with Crippen molar-refractivity contribution in [1.82, 2.24) is 4.90 Å². The van der Waals surface area contributed by atoms with E-state index < -0.39 is 0 Å². The summed E-state index contributed by atoms with van der Waals surface area (Å²) in [6.45, 7) is 3.25. The standard InChI is InChI=1S/C23H23N/c1-4-10-20(11-5-1)18-24-17-16-23(19-24,21-12-6-2-7-13-21)22-14-8-3-9-15-22/h1-15H,16-19H2. The average Bonchev–Trinajstić information content (AvgIpc) is 3.09. The van der Waals surface area contributed by atoms with Gasteiger partial charge in [-0.3, -0.25) is 4.90 Å². The molecule has 4 rings (SSSR count). The number of likely N-dealkylation sites (tertiary alicyclic amines) is 1. The number of hydrogen-bond donors (Lipinski definition) is 0. The molecule has 3 aromatic carbocycles. The summed E-state index contributed by atoms with van der Waals surface area (Å²) in [4.78, 5) is 2.59. The molecular formula is C23H23N. The van der Waals surface area contributed by atoms with Gasteiger partial charge in [-0.1, -0.05) is 91.0 Å². The van der Waals surface area contributed by atoms with E-state index in [1.807, 2.05) is 0 Å². The minimum atomic E-state index is 0.108. The molecule has 0 N–H and O–H groups in total. The van der Waals surface area contributed by atoms with E-state index in [1.165, 1.54) is 23.1 Å². The van der Waals surface area contributed by atoms with E-state index in [-0.39, 0.29) is 5.41 Å². The maximum atomic E-state index is 2.59. The molecule has 0 unspecified atom stereocenters. The zero-order chi connectivity index (χ0) is 16.2. The van der Waals surface area contributed by atoms with Crippen LogP contribution in [-0.2, 0) is 12.0 Å². The van der Waals surface area contributed by atoms with Crippen LogP contribution in [0, 0.1) is 0 Å². The van der Waals surface area contributed by atoms with Crippen LogP contribution >= 0.6 is 0 Å². The van der Waals surface area contributed by atoms with Crippen LogP contribution in [0.15, 0.2) is 91.0 Å². The number of rotatable bonds is 4. The van der Waals surface area contributed by atoms with Crippen molar-refractivity contribution in [2.45, 2.75) is 18.4 Å². The van der Waals surface area contributed by atoms with Crippen LogP contribution in [-0.4, -0.2) is 18.0 Å². The minimum Gasteiger partial charge on any atom is -0.298 e. The zero-order valence-electron chi connectivity index (χ0n) is 13.9. The molecule has 120 valence electrons. The van der Waals surface area contributed by atoms with Crippen LogP contribution in [0.2, 0.25) is 0 Å². The Balaban J connectivity index is 1.66. The Hall–Kier alpha value is -2.38. The Kier molecular flexibility index (Phi) is 4.18. The van der Waals surface area contributed by atoms with Crippen LogP contribution in [0.5, 0.6) is 0 Å². The number of nitrogens with zero attached hydrogens (tertiary/aromatic N) is 1. The average molecular weight is 313 g/mol. The summed E-state index contributed by atoms with van der Waals surface area (Å²) >= 11 is 0. The lowest BCUT2D eigenvalue weighted by Crippen LogP contribution is -2.32. The van der Waals surface area contributed by atoms with E-state index >= 15 is 0 Å². The van der Waals surface area contributed by atoms with Crippen molar-refractivity contribution in [3.8, 4) is 0 Å². The third-order valence-corrected chi connectivity index (χ3v) is 5.25. The topological polar surface area (TPSA) is 3.24 Å². The molecule has 1 heterocycles. The second-order valence-electron chi connectivity index (χ2n) is 6.76. The van der Waals surface area contributed by atoms with Crippen LogP contribution in [0.4, 0.5) is 0 Å². The van der Waals surface area contributed by atoms with Gasteiger partial charge in [0, 0.05) is 18.5 Å². The Morgan fingerprint density at radius 1 is 0.667 bits per heavy atom. The first-order valence-corrected chi connectivity index (χ1v) is 8.74. The Morgan fingerprint density at radius 3 is 1.71 bits per heavy atom. The molecule has 0 spiro atoms. The molecule has 1 aliphatic rings. The largest absolute Gasteiger partial charge is 0.298 e. The van der Waals surface area contributed by atoms with E-state index in [4.69, 9.17) is 0 Å². The van der Waals surface area contributed by atoms with Gasteiger partial charge in [0.15, 0.2) is 0 Å². The first kappa shape index (κ1) is 15.2. The smallest absolute Gasteiger partial charge is 0.0342 e. The van der Waals surface area contributed by atoms with Crippen LogP contribution in [0.3, 0.4) is 0 Å². The summed E-state index contributed by atoms with van der Waals surface area (Å²) in [6.07, 6.45) is 1.17. The van der Waals surface area contributed by atoms with Crippen molar-refractivity contribution in [3.63, 3.8) is 0 Å². The van der Waals surface area contributed by atoms with Crippen molar-refractivity contribution in [1.29, 1.82) is 0 Å². The summed E-state index contributed by atoms with van der Waals surface area (Å²) in [5, 5.41) is 0. The molecule has 1 saturated heterocycles. The molecule has 3 aromatic rings. The van der Waals surface area contributed by atoms with Gasteiger partial charge in [0.25, 0.3) is 0 Å². The highest BCUT2D eigenvalue weighted by Gasteiger charge is 2.40. The van der Waals surface area contributed by atoms with Crippen LogP contribution in [0.1, 0.15) is 23.1 Å². The lowest BCUT2D eigenvalue weighted by Gasteiger charge is -2.31. The molecule has 0 bridgehead atoms. The van der Waals surface area contributed by atoms with Gasteiger partial charge in [0.2, 0.25) is 0 Å². The van der Waals surface area contributed by atoms with Crippen LogP contribution < -0.4 is 0 Å². The molecule has 1 nitrogen and oxygen atoms in total. The van der Waals surface area contributed by atoms with Crippen LogP contribution in [0.25, 0.3) is 0 Å². The highest BCUT2D eigenvalue weighted by atomic mass is 15.2. The number of benzene rings is 3. The summed E-state index contributed by atoms with van der Waals surface area (Å²) in [6, 6.07) is 32.9. The van der Waals surface area contributed by atoms with Crippen molar-refractivity contribution in [3.05, 3.63) is 108 Å². The Labute approximate surface area is 144 Å². The maximum absolute atomic E-state index is 2.59. The molecular weight excluding hydrogens is 290 g/mol. The first-order valence-electron chi connectivity index (χ1n) is 8.74. The third-order valence-electron chi connectivity index (χ3n) is 5.25. The maximum Gasteiger partial charge on any atom is 0.0342 e. The van der Waals surface area contributed by atoms with Gasteiger partial charge < -0.3 is 0 Å². The van der Waals surface area contributed by atoms with Gasteiger partial charge in [-0.25, -0.2) is 0 Å². The lowest BCUT2D eigenvalue weighted by molar-refractivity contribution is 0.314. The van der Waals surface area contributed by atoms with Crippen molar-refractivity contribution < 1.29 is 0 Å². The third kappa shape index (κ3) is 2.88. The predicted molar refractivity (Wildman–Crippen MR) is 100 cm³/mol. The van der Waals surface area contributed by atoms with Gasteiger partial charge in [-0.2, -0.15) is 0 Å². The number of hydrogen-bond acceptors (Lipinski definition) is 1. The van der Waals surface area contributed by atoms with Gasteiger partial charge in [0.1, 0.15) is 0 Å². The summed E-state index contributed by atoms with van der Waals surface area (Å²) in [7, 11) is 0. The SMILES string of the molecule is c1ccc(CN2CCC(c3ccccc3)(c3ccccc3)C2)cc1. The second kappa shape index (κ2) is 6.62.